The topological polar surface area (TPSA) is 72.9 Å². The molecule has 0 saturated heterocycles. The van der Waals surface area contributed by atoms with Gasteiger partial charge in [0.15, 0.2) is 18.1 Å². The van der Waals surface area contributed by atoms with E-state index in [1.807, 2.05) is 6.92 Å². The summed E-state index contributed by atoms with van der Waals surface area (Å²) >= 11 is 0. The largest absolute Gasteiger partial charge is 0.481 e. The zero-order chi connectivity index (χ0) is 16.4. The van der Waals surface area contributed by atoms with Gasteiger partial charge in [0.2, 0.25) is 0 Å². The lowest BCUT2D eigenvalue weighted by Crippen LogP contribution is -2.36. The molecular weight excluding hydrogens is 286 g/mol. The number of ether oxygens (including phenoxy) is 2. The summed E-state index contributed by atoms with van der Waals surface area (Å²) in [4.78, 5) is 37.2. The average Bonchev–Trinajstić information content (AvgIpc) is 2.49. The van der Waals surface area contributed by atoms with Crippen LogP contribution in [-0.4, -0.2) is 38.4 Å². The molecule has 118 valence electrons. The Bertz CT molecular complexity index is 638. The first-order valence-corrected chi connectivity index (χ1v) is 7.00. The first-order valence-electron chi connectivity index (χ1n) is 7.00. The van der Waals surface area contributed by atoms with Gasteiger partial charge in [0.05, 0.1) is 24.8 Å². The Morgan fingerprint density at radius 2 is 2.09 bits per heavy atom. The van der Waals surface area contributed by atoms with Crippen molar-refractivity contribution >= 4 is 23.3 Å². The fourth-order valence-corrected chi connectivity index (χ4v) is 2.39. The van der Waals surface area contributed by atoms with E-state index in [-0.39, 0.29) is 24.7 Å². The number of hydrogen-bond acceptors (Lipinski definition) is 5. The van der Waals surface area contributed by atoms with Gasteiger partial charge in [-0.1, -0.05) is 6.92 Å². The number of ketones is 1. The summed E-state index contributed by atoms with van der Waals surface area (Å²) in [5.41, 5.74) is 1.81. The molecule has 0 aromatic heterocycles. The number of benzene rings is 1. The number of Topliss-reactive ketones (excluding diaryl/α,β-unsaturated/α-hetero) is 1. The van der Waals surface area contributed by atoms with Crippen molar-refractivity contribution in [3.05, 3.63) is 23.3 Å². The van der Waals surface area contributed by atoms with E-state index < -0.39 is 11.9 Å². The fourth-order valence-electron chi connectivity index (χ4n) is 2.39. The van der Waals surface area contributed by atoms with Crippen LogP contribution in [0, 0.1) is 12.8 Å². The van der Waals surface area contributed by atoms with Gasteiger partial charge < -0.3 is 14.4 Å². The van der Waals surface area contributed by atoms with Crippen LogP contribution in [0.3, 0.4) is 0 Å². The van der Waals surface area contributed by atoms with Gasteiger partial charge in [-0.25, -0.2) is 0 Å². The molecule has 1 aromatic rings. The summed E-state index contributed by atoms with van der Waals surface area (Å²) in [6.45, 7) is 3.42. The summed E-state index contributed by atoms with van der Waals surface area (Å²) in [6, 6.07) is 3.52. The van der Waals surface area contributed by atoms with E-state index in [2.05, 4.69) is 4.74 Å². The monoisotopic (exact) mass is 305 g/mol. The minimum Gasteiger partial charge on any atom is -0.481 e. The lowest BCUT2D eigenvalue weighted by Gasteiger charge is -2.28. The van der Waals surface area contributed by atoms with Crippen molar-refractivity contribution in [2.45, 2.75) is 20.3 Å². The molecule has 6 heteroatoms. The Morgan fingerprint density at radius 3 is 2.73 bits per heavy atom. The quantitative estimate of drug-likeness (QED) is 0.626. The summed E-state index contributed by atoms with van der Waals surface area (Å²) in [5.74, 6) is -0.929. The molecular formula is C16H19NO5. The number of methoxy groups -OCH3 is 1. The number of likely N-dealkylation sites (N-methyl/N-ethyl adjacent to an activating group) is 1. The lowest BCUT2D eigenvalue weighted by atomic mass is 9.93. The number of carbonyl (C=O) groups excluding carboxylic acids is 3. The number of rotatable bonds is 4. The van der Waals surface area contributed by atoms with Crippen LogP contribution in [0.25, 0.3) is 0 Å². The van der Waals surface area contributed by atoms with Gasteiger partial charge in [0.25, 0.3) is 5.91 Å². The Balaban J connectivity index is 2.39. The van der Waals surface area contributed by atoms with Gasteiger partial charge in [0.1, 0.15) is 0 Å². The molecule has 0 spiro atoms. The molecule has 1 aliphatic rings. The second kappa shape index (κ2) is 6.17. The van der Waals surface area contributed by atoms with Crippen molar-refractivity contribution < 1.29 is 23.9 Å². The van der Waals surface area contributed by atoms with Crippen LogP contribution in [0.15, 0.2) is 12.1 Å². The van der Waals surface area contributed by atoms with Gasteiger partial charge in [-0.05, 0) is 24.6 Å². The van der Waals surface area contributed by atoms with E-state index in [4.69, 9.17) is 4.74 Å². The second-order valence-corrected chi connectivity index (χ2v) is 5.45. The zero-order valence-corrected chi connectivity index (χ0v) is 13.1. The first-order chi connectivity index (χ1) is 10.3. The highest BCUT2D eigenvalue weighted by molar-refractivity contribution is 6.06. The highest BCUT2D eigenvalue weighted by Gasteiger charge is 2.29. The van der Waals surface area contributed by atoms with Gasteiger partial charge in [0, 0.05) is 13.0 Å². The molecule has 2 rings (SSSR count). The van der Waals surface area contributed by atoms with Crippen LogP contribution in [0.1, 0.15) is 29.3 Å². The molecule has 1 aliphatic heterocycles. The van der Waals surface area contributed by atoms with E-state index >= 15 is 0 Å². The molecule has 0 saturated carbocycles. The van der Waals surface area contributed by atoms with Crippen molar-refractivity contribution in [3.63, 3.8) is 0 Å². The molecule has 0 N–H and O–H groups in total. The summed E-state index contributed by atoms with van der Waals surface area (Å²) in [5, 5.41) is 0. The SMILES string of the molecule is COC(=O)CC(C)C(=O)c1cc(C)cc2c1OCC(=O)N2C. The van der Waals surface area contributed by atoms with Crippen LogP contribution in [0.2, 0.25) is 0 Å². The minimum atomic E-state index is -0.523. The third-order valence-corrected chi connectivity index (χ3v) is 3.70. The Morgan fingerprint density at radius 1 is 1.41 bits per heavy atom. The van der Waals surface area contributed by atoms with Crippen LogP contribution in [-0.2, 0) is 14.3 Å². The minimum absolute atomic E-state index is 0.00676. The van der Waals surface area contributed by atoms with E-state index in [1.54, 1.807) is 26.1 Å². The number of carbonyl (C=O) groups is 3. The maximum Gasteiger partial charge on any atom is 0.306 e. The number of hydrogen-bond donors (Lipinski definition) is 0. The molecule has 0 radical (unpaired) electrons. The Hall–Kier alpha value is -2.37. The molecule has 6 nitrogen and oxygen atoms in total. The number of esters is 1. The number of anilines is 1. The standard InChI is InChI=1S/C16H19NO5/c1-9-5-11(15(20)10(2)7-14(19)21-4)16-12(6-9)17(3)13(18)8-22-16/h5-6,10H,7-8H2,1-4H3. The zero-order valence-electron chi connectivity index (χ0n) is 13.1. The van der Waals surface area contributed by atoms with Crippen molar-refractivity contribution in [2.24, 2.45) is 5.92 Å². The van der Waals surface area contributed by atoms with Crippen molar-refractivity contribution in [1.82, 2.24) is 0 Å². The molecule has 1 unspecified atom stereocenters. The molecule has 1 heterocycles. The number of aryl methyl sites for hydroxylation is 1. The molecule has 0 aliphatic carbocycles. The van der Waals surface area contributed by atoms with E-state index in [0.29, 0.717) is 17.0 Å². The second-order valence-electron chi connectivity index (χ2n) is 5.45. The van der Waals surface area contributed by atoms with Crippen molar-refractivity contribution in [2.75, 3.05) is 25.7 Å². The van der Waals surface area contributed by atoms with Gasteiger partial charge >= 0.3 is 5.97 Å². The van der Waals surface area contributed by atoms with Crippen LogP contribution in [0.5, 0.6) is 5.75 Å². The van der Waals surface area contributed by atoms with E-state index in [1.165, 1.54) is 12.0 Å². The third-order valence-electron chi connectivity index (χ3n) is 3.70. The Kier molecular flexibility index (Phi) is 4.49. The van der Waals surface area contributed by atoms with Crippen molar-refractivity contribution in [3.8, 4) is 5.75 Å². The van der Waals surface area contributed by atoms with Gasteiger partial charge in [-0.2, -0.15) is 0 Å². The summed E-state index contributed by atoms with van der Waals surface area (Å²) < 4.78 is 10.1. The van der Waals surface area contributed by atoms with E-state index in [0.717, 1.165) is 5.56 Å². The molecule has 1 amide bonds. The predicted octanol–water partition coefficient (Wildman–Crippen LogP) is 1.73. The molecule has 0 bridgehead atoms. The third kappa shape index (κ3) is 2.95. The maximum atomic E-state index is 12.6. The lowest BCUT2D eigenvalue weighted by molar-refractivity contribution is -0.141. The molecule has 1 aromatic carbocycles. The summed E-state index contributed by atoms with van der Waals surface area (Å²) in [6.07, 6.45) is 0.00676. The van der Waals surface area contributed by atoms with E-state index in [9.17, 15) is 14.4 Å². The van der Waals surface area contributed by atoms with Gasteiger partial charge in [-0.15, -0.1) is 0 Å². The predicted molar refractivity (Wildman–Crippen MR) is 80.2 cm³/mol. The van der Waals surface area contributed by atoms with Crippen LogP contribution in [0.4, 0.5) is 5.69 Å². The normalized spacial score (nSPS) is 14.9. The van der Waals surface area contributed by atoms with Crippen molar-refractivity contribution in [1.29, 1.82) is 0 Å². The molecule has 22 heavy (non-hydrogen) atoms. The summed E-state index contributed by atoms with van der Waals surface area (Å²) in [7, 11) is 2.94. The number of nitrogens with zero attached hydrogens (tertiary/aromatic N) is 1. The highest BCUT2D eigenvalue weighted by atomic mass is 16.5. The van der Waals surface area contributed by atoms with Crippen LogP contribution < -0.4 is 9.64 Å². The van der Waals surface area contributed by atoms with Crippen LogP contribution >= 0.6 is 0 Å². The maximum absolute atomic E-state index is 12.6. The Labute approximate surface area is 129 Å². The highest BCUT2D eigenvalue weighted by Crippen LogP contribution is 2.37. The number of amides is 1. The fraction of sp³-hybridized carbons (Fsp3) is 0.438. The number of fused-ring (bicyclic) bond motifs is 1. The average molecular weight is 305 g/mol. The van der Waals surface area contributed by atoms with Gasteiger partial charge in [-0.3, -0.25) is 14.4 Å². The molecule has 1 atom stereocenters. The molecule has 0 fully saturated rings. The first kappa shape index (κ1) is 16.0. The smallest absolute Gasteiger partial charge is 0.306 e.